The van der Waals surface area contributed by atoms with Crippen LogP contribution in [0.1, 0.15) is 38.3 Å². The van der Waals surface area contributed by atoms with Crippen LogP contribution in [0.15, 0.2) is 58.9 Å². The number of aliphatic imine (C=N–C) groups is 1. The average Bonchev–Trinajstić information content (AvgIpc) is 2.69. The van der Waals surface area contributed by atoms with Crippen molar-refractivity contribution in [2.45, 2.75) is 34.1 Å². The van der Waals surface area contributed by atoms with Gasteiger partial charge in [0.25, 0.3) is 0 Å². The summed E-state index contributed by atoms with van der Waals surface area (Å²) in [5, 5.41) is 0. The van der Waals surface area contributed by atoms with Crippen molar-refractivity contribution in [2.24, 2.45) is 16.5 Å². The third kappa shape index (κ3) is 6.98. The summed E-state index contributed by atoms with van der Waals surface area (Å²) in [6.45, 7) is 13.6. The molecule has 138 valence electrons. The number of rotatable bonds is 4. The van der Waals surface area contributed by atoms with E-state index in [0.717, 1.165) is 30.8 Å². The van der Waals surface area contributed by atoms with Crippen molar-refractivity contribution < 1.29 is 0 Å². The zero-order valence-corrected chi connectivity index (χ0v) is 16.4. The van der Waals surface area contributed by atoms with Gasteiger partial charge in [0.15, 0.2) is 0 Å². The highest BCUT2D eigenvalue weighted by Gasteiger charge is 2.16. The Hall–Kier alpha value is -2.33. The Morgan fingerprint density at radius 2 is 1.96 bits per heavy atom. The Kier molecular flexibility index (Phi) is 11.8. The van der Waals surface area contributed by atoms with Gasteiger partial charge in [0.2, 0.25) is 0 Å². The van der Waals surface area contributed by atoms with E-state index in [4.69, 9.17) is 5.73 Å². The van der Waals surface area contributed by atoms with Gasteiger partial charge < -0.3 is 16.4 Å². The van der Waals surface area contributed by atoms with Crippen LogP contribution in [0.25, 0.3) is 5.70 Å². The van der Waals surface area contributed by atoms with Gasteiger partial charge in [-0.3, -0.25) is 4.99 Å². The van der Waals surface area contributed by atoms with Crippen LogP contribution in [0.2, 0.25) is 0 Å². The molecule has 0 bridgehead atoms. The predicted molar refractivity (Wildman–Crippen MR) is 112 cm³/mol. The Balaban J connectivity index is 0.00000134. The molecule has 2 rings (SSSR count). The largest absolute Gasteiger partial charge is 0.404 e. The first-order valence-electron chi connectivity index (χ1n) is 8.79. The maximum absolute atomic E-state index is 5.60. The van der Waals surface area contributed by atoms with Crippen LogP contribution in [-0.2, 0) is 0 Å². The molecule has 0 spiro atoms. The molecule has 1 aromatic carbocycles. The molecule has 0 atom stereocenters. The van der Waals surface area contributed by atoms with Gasteiger partial charge in [-0.1, -0.05) is 43.7 Å². The molecule has 0 saturated heterocycles. The standard InChI is InChI=1S/C18H23N3.C2H6.CH5N/c1-14-5-4-6-17(11-14)18(13-20-3)21-9-7-16(8-10-21)15(2)12-19;2*1-2/h4-7,11-13H,3,8-10,19H2,1-2H3;1-2H3;2H2,1H3/b15-12+,18-13-;;. The molecule has 0 fully saturated rings. The quantitative estimate of drug-likeness (QED) is 0.810. The molecule has 4 heteroatoms. The van der Waals surface area contributed by atoms with E-state index in [9.17, 15) is 0 Å². The molecule has 0 radical (unpaired) electrons. The molecule has 25 heavy (non-hydrogen) atoms. The van der Waals surface area contributed by atoms with E-state index in [-0.39, 0.29) is 0 Å². The lowest BCUT2D eigenvalue weighted by molar-refractivity contribution is 0.424. The fraction of sp³-hybridized carbons (Fsp3) is 0.381. The van der Waals surface area contributed by atoms with Crippen molar-refractivity contribution in [1.29, 1.82) is 0 Å². The molecule has 4 N–H and O–H groups in total. The van der Waals surface area contributed by atoms with E-state index in [1.807, 2.05) is 20.0 Å². The number of allylic oxidation sites excluding steroid dienone is 1. The smallest absolute Gasteiger partial charge is 0.0628 e. The first-order chi connectivity index (χ1) is 12.2. The average molecular weight is 343 g/mol. The van der Waals surface area contributed by atoms with Crippen molar-refractivity contribution in [3.63, 3.8) is 0 Å². The molecule has 1 aliphatic heterocycles. The molecule has 4 nitrogen and oxygen atoms in total. The fourth-order valence-electron chi connectivity index (χ4n) is 2.58. The summed E-state index contributed by atoms with van der Waals surface area (Å²) in [6, 6.07) is 8.48. The number of benzene rings is 1. The first kappa shape index (κ1) is 22.7. The normalized spacial score (nSPS) is 14.5. The Morgan fingerprint density at radius 3 is 2.44 bits per heavy atom. The summed E-state index contributed by atoms with van der Waals surface area (Å²) in [5.41, 5.74) is 16.2. The van der Waals surface area contributed by atoms with Gasteiger partial charge in [-0.25, -0.2) is 0 Å². The number of nitrogens with zero attached hydrogens (tertiary/aromatic N) is 2. The minimum atomic E-state index is 0.871. The van der Waals surface area contributed by atoms with E-state index in [1.165, 1.54) is 23.7 Å². The van der Waals surface area contributed by atoms with Crippen LogP contribution in [0.5, 0.6) is 0 Å². The van der Waals surface area contributed by atoms with Crippen molar-refractivity contribution in [2.75, 3.05) is 20.1 Å². The highest BCUT2D eigenvalue weighted by atomic mass is 15.1. The number of aryl methyl sites for hydroxylation is 1. The van der Waals surface area contributed by atoms with Gasteiger partial charge in [-0.05, 0) is 63.0 Å². The van der Waals surface area contributed by atoms with Gasteiger partial charge in [-0.15, -0.1) is 0 Å². The summed E-state index contributed by atoms with van der Waals surface area (Å²) >= 11 is 0. The minimum Gasteiger partial charge on any atom is -0.404 e. The van der Waals surface area contributed by atoms with Crippen LogP contribution in [0.4, 0.5) is 0 Å². The van der Waals surface area contributed by atoms with E-state index in [1.54, 1.807) is 6.20 Å². The van der Waals surface area contributed by atoms with Gasteiger partial charge in [0, 0.05) is 13.1 Å². The van der Waals surface area contributed by atoms with Crippen LogP contribution < -0.4 is 11.5 Å². The molecular weight excluding hydrogens is 308 g/mol. The lowest BCUT2D eigenvalue weighted by atomic mass is 10.00. The molecular formula is C21H34N4. The highest BCUT2D eigenvalue weighted by Crippen LogP contribution is 2.26. The third-order valence-corrected chi connectivity index (χ3v) is 3.83. The number of nitrogens with two attached hydrogens (primary N) is 2. The lowest BCUT2D eigenvalue weighted by Crippen LogP contribution is -2.27. The van der Waals surface area contributed by atoms with Crippen LogP contribution in [-0.4, -0.2) is 31.8 Å². The molecule has 0 amide bonds. The third-order valence-electron chi connectivity index (χ3n) is 3.83. The van der Waals surface area contributed by atoms with Gasteiger partial charge in [0.1, 0.15) is 0 Å². The predicted octanol–water partition coefficient (Wildman–Crippen LogP) is 4.09. The summed E-state index contributed by atoms with van der Waals surface area (Å²) in [6.07, 6.45) is 6.78. The maximum Gasteiger partial charge on any atom is 0.0628 e. The van der Waals surface area contributed by atoms with E-state index >= 15 is 0 Å². The van der Waals surface area contributed by atoms with Gasteiger partial charge in [-0.2, -0.15) is 0 Å². The Bertz CT molecular complexity index is 612. The zero-order chi connectivity index (χ0) is 19.2. The van der Waals surface area contributed by atoms with E-state index in [2.05, 4.69) is 66.5 Å². The summed E-state index contributed by atoms with van der Waals surface area (Å²) < 4.78 is 0. The summed E-state index contributed by atoms with van der Waals surface area (Å²) in [7, 11) is 1.50. The Labute approximate surface area is 153 Å². The molecule has 0 aromatic heterocycles. The van der Waals surface area contributed by atoms with Crippen LogP contribution >= 0.6 is 0 Å². The second-order valence-electron chi connectivity index (χ2n) is 5.34. The van der Waals surface area contributed by atoms with Crippen molar-refractivity contribution in [3.8, 4) is 0 Å². The number of hydrogen-bond donors (Lipinski definition) is 2. The number of hydrogen-bond acceptors (Lipinski definition) is 4. The molecule has 1 aliphatic rings. The Morgan fingerprint density at radius 1 is 1.28 bits per heavy atom. The van der Waals surface area contributed by atoms with E-state index in [0.29, 0.717) is 0 Å². The molecule has 0 saturated carbocycles. The topological polar surface area (TPSA) is 67.6 Å². The zero-order valence-electron chi connectivity index (χ0n) is 16.4. The lowest BCUT2D eigenvalue weighted by Gasteiger charge is -2.30. The van der Waals surface area contributed by atoms with Crippen molar-refractivity contribution in [1.82, 2.24) is 4.90 Å². The second kappa shape index (κ2) is 13.0. The molecule has 0 aliphatic carbocycles. The first-order valence-corrected chi connectivity index (χ1v) is 8.79. The monoisotopic (exact) mass is 342 g/mol. The van der Waals surface area contributed by atoms with Crippen LogP contribution in [0, 0.1) is 6.92 Å². The molecule has 0 unspecified atom stereocenters. The molecule has 1 heterocycles. The fourth-order valence-corrected chi connectivity index (χ4v) is 2.58. The SMILES string of the molecule is C=N/C=C(/c1cccc(C)c1)N1CC=C(/C(C)=C/N)CC1.CC.CN. The maximum atomic E-state index is 5.60. The van der Waals surface area contributed by atoms with Gasteiger partial charge >= 0.3 is 0 Å². The van der Waals surface area contributed by atoms with Crippen molar-refractivity contribution >= 4 is 12.4 Å². The van der Waals surface area contributed by atoms with Gasteiger partial charge in [0.05, 0.1) is 11.9 Å². The highest BCUT2D eigenvalue weighted by molar-refractivity contribution is 5.65. The summed E-state index contributed by atoms with van der Waals surface area (Å²) in [4.78, 5) is 6.31. The van der Waals surface area contributed by atoms with E-state index < -0.39 is 0 Å². The minimum absolute atomic E-state index is 0.871. The summed E-state index contributed by atoms with van der Waals surface area (Å²) in [5.74, 6) is 0. The molecule has 1 aromatic rings. The second-order valence-corrected chi connectivity index (χ2v) is 5.34. The van der Waals surface area contributed by atoms with Crippen molar-refractivity contribution in [3.05, 3.63) is 65.0 Å². The van der Waals surface area contributed by atoms with Crippen LogP contribution in [0.3, 0.4) is 0 Å².